The fourth-order valence-electron chi connectivity index (χ4n) is 1.58. The zero-order chi connectivity index (χ0) is 11.8. The Morgan fingerprint density at radius 1 is 1.31 bits per heavy atom. The Kier molecular flexibility index (Phi) is 6.84. The minimum absolute atomic E-state index is 0.318. The van der Waals surface area contributed by atoms with E-state index in [0.29, 0.717) is 12.3 Å². The standard InChI is InChI=1S/C11H23N3OS/c1-13(2)8-10-16-9-3-11(15)14-6-4-12-5-7-14/h12H,3-10H2,1-2H3. The van der Waals surface area contributed by atoms with Gasteiger partial charge in [0, 0.05) is 50.7 Å². The summed E-state index contributed by atoms with van der Waals surface area (Å²) >= 11 is 1.87. The van der Waals surface area contributed by atoms with Gasteiger partial charge < -0.3 is 15.1 Å². The molecule has 1 saturated heterocycles. The van der Waals surface area contributed by atoms with Crippen LogP contribution in [0.4, 0.5) is 0 Å². The molecule has 0 saturated carbocycles. The lowest BCUT2D eigenvalue weighted by Gasteiger charge is -2.27. The highest BCUT2D eigenvalue weighted by Gasteiger charge is 2.15. The lowest BCUT2D eigenvalue weighted by molar-refractivity contribution is -0.131. The summed E-state index contributed by atoms with van der Waals surface area (Å²) in [5.41, 5.74) is 0. The van der Waals surface area contributed by atoms with Crippen LogP contribution in [0.1, 0.15) is 6.42 Å². The Hall–Kier alpha value is -0.260. The molecule has 1 N–H and O–H groups in total. The molecule has 1 heterocycles. The second-order valence-corrected chi connectivity index (χ2v) is 5.52. The van der Waals surface area contributed by atoms with Crippen molar-refractivity contribution in [2.45, 2.75) is 6.42 Å². The minimum Gasteiger partial charge on any atom is -0.340 e. The summed E-state index contributed by atoms with van der Waals surface area (Å²) in [6, 6.07) is 0. The minimum atomic E-state index is 0.318. The molecule has 94 valence electrons. The quantitative estimate of drug-likeness (QED) is 0.674. The van der Waals surface area contributed by atoms with Gasteiger partial charge in [-0.05, 0) is 14.1 Å². The molecule has 1 rings (SSSR count). The van der Waals surface area contributed by atoms with Crippen LogP contribution >= 0.6 is 11.8 Å². The summed E-state index contributed by atoms with van der Waals surface area (Å²) in [4.78, 5) is 15.9. The van der Waals surface area contributed by atoms with E-state index in [9.17, 15) is 4.79 Å². The highest BCUT2D eigenvalue weighted by Crippen LogP contribution is 2.05. The molecule has 0 aromatic heterocycles. The van der Waals surface area contributed by atoms with Crippen LogP contribution in [0.25, 0.3) is 0 Å². The maximum Gasteiger partial charge on any atom is 0.223 e. The number of carbonyl (C=O) groups is 1. The van der Waals surface area contributed by atoms with Crippen molar-refractivity contribution in [2.75, 3.05) is 58.3 Å². The zero-order valence-electron chi connectivity index (χ0n) is 10.4. The van der Waals surface area contributed by atoms with Gasteiger partial charge in [-0.15, -0.1) is 0 Å². The third-order valence-electron chi connectivity index (χ3n) is 2.61. The molecule has 0 aromatic carbocycles. The van der Waals surface area contributed by atoms with Crippen molar-refractivity contribution in [3.63, 3.8) is 0 Å². The first-order valence-electron chi connectivity index (χ1n) is 5.91. The van der Waals surface area contributed by atoms with E-state index in [1.807, 2.05) is 16.7 Å². The second-order valence-electron chi connectivity index (χ2n) is 4.30. The zero-order valence-corrected chi connectivity index (χ0v) is 11.2. The van der Waals surface area contributed by atoms with E-state index < -0.39 is 0 Å². The fraction of sp³-hybridized carbons (Fsp3) is 0.909. The Morgan fingerprint density at radius 2 is 2.00 bits per heavy atom. The average Bonchev–Trinajstić information content (AvgIpc) is 2.29. The molecule has 0 atom stereocenters. The summed E-state index contributed by atoms with van der Waals surface area (Å²) < 4.78 is 0. The van der Waals surface area contributed by atoms with Crippen LogP contribution in [-0.2, 0) is 4.79 Å². The number of nitrogens with zero attached hydrogens (tertiary/aromatic N) is 2. The van der Waals surface area contributed by atoms with Gasteiger partial charge in [-0.3, -0.25) is 4.79 Å². The van der Waals surface area contributed by atoms with Crippen LogP contribution < -0.4 is 5.32 Å². The van der Waals surface area contributed by atoms with E-state index in [0.717, 1.165) is 44.2 Å². The van der Waals surface area contributed by atoms with Gasteiger partial charge in [-0.2, -0.15) is 11.8 Å². The van der Waals surface area contributed by atoms with Crippen molar-refractivity contribution in [3.8, 4) is 0 Å². The molecule has 0 bridgehead atoms. The normalized spacial score (nSPS) is 16.8. The van der Waals surface area contributed by atoms with Gasteiger partial charge in [0.1, 0.15) is 0 Å². The molecule has 1 fully saturated rings. The van der Waals surface area contributed by atoms with Crippen molar-refractivity contribution in [1.82, 2.24) is 15.1 Å². The first kappa shape index (κ1) is 13.8. The maximum atomic E-state index is 11.8. The number of rotatable bonds is 6. The molecular formula is C11H23N3OS. The molecular weight excluding hydrogens is 222 g/mol. The molecule has 4 nitrogen and oxygen atoms in total. The van der Waals surface area contributed by atoms with Gasteiger partial charge in [0.15, 0.2) is 0 Å². The summed E-state index contributed by atoms with van der Waals surface area (Å²) in [6.07, 6.45) is 0.693. The Bertz CT molecular complexity index is 205. The third-order valence-corrected chi connectivity index (χ3v) is 3.58. The van der Waals surface area contributed by atoms with Gasteiger partial charge in [-0.25, -0.2) is 0 Å². The molecule has 0 aliphatic carbocycles. The van der Waals surface area contributed by atoms with Crippen LogP contribution in [0.2, 0.25) is 0 Å². The van der Waals surface area contributed by atoms with Crippen molar-refractivity contribution < 1.29 is 4.79 Å². The number of piperazine rings is 1. The fourth-order valence-corrected chi connectivity index (χ4v) is 2.60. The largest absolute Gasteiger partial charge is 0.340 e. The summed E-state index contributed by atoms with van der Waals surface area (Å²) in [7, 11) is 4.15. The van der Waals surface area contributed by atoms with Crippen LogP contribution in [0, 0.1) is 0 Å². The summed E-state index contributed by atoms with van der Waals surface area (Å²) in [6.45, 7) is 4.73. The van der Waals surface area contributed by atoms with Gasteiger partial charge in [0.25, 0.3) is 0 Å². The topological polar surface area (TPSA) is 35.6 Å². The molecule has 0 aromatic rings. The number of hydrogen-bond donors (Lipinski definition) is 1. The lowest BCUT2D eigenvalue weighted by atomic mass is 10.3. The van der Waals surface area contributed by atoms with Gasteiger partial charge in [0.2, 0.25) is 5.91 Å². The first-order chi connectivity index (χ1) is 7.70. The molecule has 16 heavy (non-hydrogen) atoms. The maximum absolute atomic E-state index is 11.8. The number of thioether (sulfide) groups is 1. The van der Waals surface area contributed by atoms with Crippen LogP contribution in [-0.4, -0.2) is 74.0 Å². The first-order valence-corrected chi connectivity index (χ1v) is 7.06. The van der Waals surface area contributed by atoms with Crippen molar-refractivity contribution in [3.05, 3.63) is 0 Å². The van der Waals surface area contributed by atoms with E-state index in [-0.39, 0.29) is 0 Å². The Labute approximate surface area is 103 Å². The molecule has 0 radical (unpaired) electrons. The number of nitrogens with one attached hydrogen (secondary N) is 1. The van der Waals surface area contributed by atoms with E-state index in [2.05, 4.69) is 24.3 Å². The SMILES string of the molecule is CN(C)CCSCCC(=O)N1CCNCC1. The number of amides is 1. The highest BCUT2D eigenvalue weighted by molar-refractivity contribution is 7.99. The molecule has 0 unspecified atom stereocenters. The predicted octanol–water partition coefficient (Wildman–Crippen LogP) is 0.103. The van der Waals surface area contributed by atoms with E-state index in [1.165, 1.54) is 0 Å². The van der Waals surface area contributed by atoms with Gasteiger partial charge in [-0.1, -0.05) is 0 Å². The number of hydrogen-bond acceptors (Lipinski definition) is 4. The van der Waals surface area contributed by atoms with Crippen LogP contribution in [0.5, 0.6) is 0 Å². The highest BCUT2D eigenvalue weighted by atomic mass is 32.2. The van der Waals surface area contributed by atoms with Crippen molar-refractivity contribution in [1.29, 1.82) is 0 Å². The second kappa shape index (κ2) is 7.92. The Balaban J connectivity index is 2.01. The molecule has 1 aliphatic heterocycles. The van der Waals surface area contributed by atoms with Gasteiger partial charge >= 0.3 is 0 Å². The van der Waals surface area contributed by atoms with Crippen LogP contribution in [0.15, 0.2) is 0 Å². The summed E-state index contributed by atoms with van der Waals surface area (Å²) in [5.74, 6) is 2.39. The summed E-state index contributed by atoms with van der Waals surface area (Å²) in [5, 5.41) is 3.25. The molecule has 5 heteroatoms. The van der Waals surface area contributed by atoms with Crippen molar-refractivity contribution >= 4 is 17.7 Å². The molecule has 1 aliphatic rings. The molecule has 0 spiro atoms. The van der Waals surface area contributed by atoms with Gasteiger partial charge in [0.05, 0.1) is 0 Å². The average molecular weight is 245 g/mol. The smallest absolute Gasteiger partial charge is 0.223 e. The lowest BCUT2D eigenvalue weighted by Crippen LogP contribution is -2.46. The Morgan fingerprint density at radius 3 is 2.62 bits per heavy atom. The number of carbonyl (C=O) groups excluding carboxylic acids is 1. The predicted molar refractivity (Wildman–Crippen MR) is 69.9 cm³/mol. The van der Waals surface area contributed by atoms with E-state index in [1.54, 1.807) is 0 Å². The monoisotopic (exact) mass is 245 g/mol. The van der Waals surface area contributed by atoms with E-state index in [4.69, 9.17) is 0 Å². The third kappa shape index (κ3) is 5.72. The van der Waals surface area contributed by atoms with Crippen LogP contribution in [0.3, 0.4) is 0 Å². The van der Waals surface area contributed by atoms with Crippen molar-refractivity contribution in [2.24, 2.45) is 0 Å². The van der Waals surface area contributed by atoms with E-state index >= 15 is 0 Å². The molecule has 1 amide bonds.